The van der Waals surface area contributed by atoms with Crippen LogP contribution >= 0.6 is 0 Å². The summed E-state index contributed by atoms with van der Waals surface area (Å²) in [5.74, 6) is 2.09. The maximum Gasteiger partial charge on any atom is 0.242 e. The summed E-state index contributed by atoms with van der Waals surface area (Å²) in [5, 5.41) is 0. The van der Waals surface area contributed by atoms with Gasteiger partial charge < -0.3 is 15.4 Å². The molecule has 5 nitrogen and oxygen atoms in total. The van der Waals surface area contributed by atoms with Gasteiger partial charge in [0.1, 0.15) is 12.0 Å². The first kappa shape index (κ1) is 13.9. The van der Waals surface area contributed by atoms with Crippen molar-refractivity contribution in [3.8, 4) is 5.88 Å². The van der Waals surface area contributed by atoms with Gasteiger partial charge in [0.2, 0.25) is 5.88 Å². The molecule has 0 radical (unpaired) electrons. The van der Waals surface area contributed by atoms with Crippen LogP contribution in [0.3, 0.4) is 0 Å². The summed E-state index contributed by atoms with van der Waals surface area (Å²) in [6.07, 6.45) is 6.21. The number of ether oxygens (including phenoxy) is 1. The fourth-order valence-electron chi connectivity index (χ4n) is 2.53. The van der Waals surface area contributed by atoms with Crippen molar-refractivity contribution >= 4 is 11.5 Å². The Labute approximate surface area is 115 Å². The Morgan fingerprint density at radius 2 is 2.26 bits per heavy atom. The Kier molecular flexibility index (Phi) is 4.82. The van der Waals surface area contributed by atoms with Crippen LogP contribution in [0.25, 0.3) is 0 Å². The monoisotopic (exact) mass is 264 g/mol. The number of nitrogens with two attached hydrogens (primary N) is 1. The lowest BCUT2D eigenvalue weighted by Crippen LogP contribution is -2.36. The van der Waals surface area contributed by atoms with E-state index in [1.165, 1.54) is 19.3 Å². The van der Waals surface area contributed by atoms with Gasteiger partial charge in [-0.3, -0.25) is 0 Å². The Morgan fingerprint density at radius 3 is 3.00 bits per heavy atom. The zero-order chi connectivity index (χ0) is 13.7. The molecule has 2 heterocycles. The molecule has 1 aliphatic heterocycles. The first-order chi connectivity index (χ1) is 9.26. The van der Waals surface area contributed by atoms with Crippen LogP contribution in [-0.4, -0.2) is 29.7 Å². The normalized spacial score (nSPS) is 19.5. The molecule has 1 aromatic heterocycles. The second-order valence-corrected chi connectivity index (χ2v) is 5.13. The minimum Gasteiger partial charge on any atom is -0.476 e. The number of nitrogens with zero attached hydrogens (tertiary/aromatic N) is 3. The molecule has 2 N–H and O–H groups in total. The average molecular weight is 264 g/mol. The van der Waals surface area contributed by atoms with E-state index < -0.39 is 0 Å². The molecule has 0 aromatic carbocycles. The number of aromatic nitrogens is 2. The molecule has 0 spiro atoms. The van der Waals surface area contributed by atoms with E-state index in [0.717, 1.165) is 31.2 Å². The van der Waals surface area contributed by atoms with Crippen LogP contribution in [-0.2, 0) is 0 Å². The van der Waals surface area contributed by atoms with Gasteiger partial charge in [-0.1, -0.05) is 20.3 Å². The quantitative estimate of drug-likeness (QED) is 0.885. The minimum absolute atomic E-state index is 0.519. The van der Waals surface area contributed by atoms with E-state index in [4.69, 9.17) is 10.5 Å². The van der Waals surface area contributed by atoms with E-state index in [1.807, 2.05) is 0 Å². The van der Waals surface area contributed by atoms with Crippen molar-refractivity contribution in [2.75, 3.05) is 30.3 Å². The Morgan fingerprint density at radius 1 is 1.42 bits per heavy atom. The highest BCUT2D eigenvalue weighted by Gasteiger charge is 2.22. The van der Waals surface area contributed by atoms with Gasteiger partial charge in [-0.25, -0.2) is 4.98 Å². The molecule has 1 unspecified atom stereocenters. The standard InChI is InChI=1S/C14H24N4O/c1-3-8-19-14-12(15)13(16-10-17-14)18-7-5-6-11(4-2)9-18/h10-11H,3-9,15H2,1-2H3. The Hall–Kier alpha value is -1.52. The van der Waals surface area contributed by atoms with E-state index in [9.17, 15) is 0 Å². The van der Waals surface area contributed by atoms with Crippen molar-refractivity contribution < 1.29 is 4.74 Å². The number of rotatable bonds is 5. The SMILES string of the molecule is CCCOc1ncnc(N2CCCC(CC)C2)c1N. The summed E-state index contributed by atoms with van der Waals surface area (Å²) < 4.78 is 5.57. The lowest BCUT2D eigenvalue weighted by atomic mass is 9.95. The van der Waals surface area contributed by atoms with E-state index >= 15 is 0 Å². The third-order valence-electron chi connectivity index (χ3n) is 3.67. The van der Waals surface area contributed by atoms with Gasteiger partial charge in [-0.05, 0) is 25.2 Å². The molecule has 2 rings (SSSR count). The smallest absolute Gasteiger partial charge is 0.242 e. The number of hydrogen-bond donors (Lipinski definition) is 1. The molecule has 1 fully saturated rings. The fourth-order valence-corrected chi connectivity index (χ4v) is 2.53. The third-order valence-corrected chi connectivity index (χ3v) is 3.67. The van der Waals surface area contributed by atoms with Gasteiger partial charge in [0.15, 0.2) is 5.82 Å². The van der Waals surface area contributed by atoms with Crippen LogP contribution in [0.1, 0.15) is 39.5 Å². The molecule has 1 saturated heterocycles. The Balaban J connectivity index is 2.14. The summed E-state index contributed by atoms with van der Waals surface area (Å²) in [6, 6.07) is 0. The molecule has 0 amide bonds. The molecule has 0 aliphatic carbocycles. The third kappa shape index (κ3) is 3.28. The van der Waals surface area contributed by atoms with Crippen LogP contribution in [0.4, 0.5) is 11.5 Å². The molecule has 1 aromatic rings. The van der Waals surface area contributed by atoms with Crippen LogP contribution in [0.15, 0.2) is 6.33 Å². The molecule has 0 bridgehead atoms. The number of piperidine rings is 1. The predicted octanol–water partition coefficient (Wildman–Crippen LogP) is 2.47. The molecule has 5 heteroatoms. The number of anilines is 2. The average Bonchev–Trinajstić information content (AvgIpc) is 2.46. The molecular weight excluding hydrogens is 240 g/mol. The van der Waals surface area contributed by atoms with E-state index in [1.54, 1.807) is 6.33 Å². The van der Waals surface area contributed by atoms with E-state index in [2.05, 4.69) is 28.7 Å². The first-order valence-electron chi connectivity index (χ1n) is 7.24. The summed E-state index contributed by atoms with van der Waals surface area (Å²) in [4.78, 5) is 10.7. The lowest BCUT2D eigenvalue weighted by molar-refractivity contribution is 0.306. The Bertz CT molecular complexity index is 410. The zero-order valence-electron chi connectivity index (χ0n) is 11.9. The predicted molar refractivity (Wildman–Crippen MR) is 77.5 cm³/mol. The second-order valence-electron chi connectivity index (χ2n) is 5.13. The van der Waals surface area contributed by atoms with Crippen molar-refractivity contribution in [1.82, 2.24) is 9.97 Å². The highest BCUT2D eigenvalue weighted by Crippen LogP contribution is 2.31. The van der Waals surface area contributed by atoms with E-state index in [0.29, 0.717) is 18.2 Å². The number of hydrogen-bond acceptors (Lipinski definition) is 5. The molecule has 0 saturated carbocycles. The maximum atomic E-state index is 6.15. The van der Waals surface area contributed by atoms with Crippen molar-refractivity contribution in [2.45, 2.75) is 39.5 Å². The van der Waals surface area contributed by atoms with Crippen LogP contribution in [0, 0.1) is 5.92 Å². The molecule has 1 atom stereocenters. The molecular formula is C14H24N4O. The van der Waals surface area contributed by atoms with Crippen molar-refractivity contribution in [3.05, 3.63) is 6.33 Å². The van der Waals surface area contributed by atoms with Crippen LogP contribution < -0.4 is 15.4 Å². The van der Waals surface area contributed by atoms with Crippen LogP contribution in [0.2, 0.25) is 0 Å². The van der Waals surface area contributed by atoms with Gasteiger partial charge in [0.05, 0.1) is 6.61 Å². The van der Waals surface area contributed by atoms with Gasteiger partial charge in [0, 0.05) is 13.1 Å². The van der Waals surface area contributed by atoms with Gasteiger partial charge in [0.25, 0.3) is 0 Å². The summed E-state index contributed by atoms with van der Waals surface area (Å²) in [7, 11) is 0. The minimum atomic E-state index is 0.519. The zero-order valence-corrected chi connectivity index (χ0v) is 11.9. The molecule has 106 valence electrons. The van der Waals surface area contributed by atoms with Gasteiger partial charge in [-0.15, -0.1) is 0 Å². The van der Waals surface area contributed by atoms with Crippen LogP contribution in [0.5, 0.6) is 5.88 Å². The maximum absolute atomic E-state index is 6.15. The fraction of sp³-hybridized carbons (Fsp3) is 0.714. The summed E-state index contributed by atoms with van der Waals surface area (Å²) in [6.45, 7) is 7.00. The van der Waals surface area contributed by atoms with Crippen molar-refractivity contribution in [2.24, 2.45) is 5.92 Å². The highest BCUT2D eigenvalue weighted by atomic mass is 16.5. The topological polar surface area (TPSA) is 64.3 Å². The molecule has 19 heavy (non-hydrogen) atoms. The second kappa shape index (κ2) is 6.59. The lowest BCUT2D eigenvalue weighted by Gasteiger charge is -2.33. The van der Waals surface area contributed by atoms with Gasteiger partial charge >= 0.3 is 0 Å². The summed E-state index contributed by atoms with van der Waals surface area (Å²) >= 11 is 0. The number of nitrogen functional groups attached to an aromatic ring is 1. The van der Waals surface area contributed by atoms with Crippen molar-refractivity contribution in [3.63, 3.8) is 0 Å². The van der Waals surface area contributed by atoms with E-state index in [-0.39, 0.29) is 0 Å². The largest absolute Gasteiger partial charge is 0.476 e. The molecule has 1 aliphatic rings. The van der Waals surface area contributed by atoms with Crippen molar-refractivity contribution in [1.29, 1.82) is 0 Å². The summed E-state index contributed by atoms with van der Waals surface area (Å²) in [5.41, 5.74) is 6.73. The highest BCUT2D eigenvalue weighted by molar-refractivity contribution is 5.67. The van der Waals surface area contributed by atoms with Gasteiger partial charge in [-0.2, -0.15) is 4.98 Å². The first-order valence-corrected chi connectivity index (χ1v) is 7.24.